The van der Waals surface area contributed by atoms with Crippen molar-refractivity contribution in [3.05, 3.63) is 0 Å². The molecular formula is C13H23NO3. The van der Waals surface area contributed by atoms with Gasteiger partial charge in [0, 0.05) is 6.54 Å². The second-order valence-corrected chi connectivity index (χ2v) is 5.31. The zero-order valence-electron chi connectivity index (χ0n) is 10.7. The van der Waals surface area contributed by atoms with Crippen LogP contribution in [-0.4, -0.2) is 23.5 Å². The summed E-state index contributed by atoms with van der Waals surface area (Å²) in [5, 5.41) is 11.9. The summed E-state index contributed by atoms with van der Waals surface area (Å²) < 4.78 is 0. The quantitative estimate of drug-likeness (QED) is 0.699. The highest BCUT2D eigenvalue weighted by atomic mass is 16.4. The predicted octanol–water partition coefficient (Wildman–Crippen LogP) is 2.04. The van der Waals surface area contributed by atoms with E-state index < -0.39 is 11.9 Å². The summed E-state index contributed by atoms with van der Waals surface area (Å²) in [6, 6.07) is 0. The van der Waals surface area contributed by atoms with Gasteiger partial charge in [0.1, 0.15) is 0 Å². The van der Waals surface area contributed by atoms with Crippen molar-refractivity contribution in [2.45, 2.75) is 46.0 Å². The Morgan fingerprint density at radius 2 is 1.94 bits per heavy atom. The minimum Gasteiger partial charge on any atom is -0.481 e. The maximum atomic E-state index is 11.8. The first-order valence-corrected chi connectivity index (χ1v) is 6.53. The maximum Gasteiger partial charge on any atom is 0.307 e. The van der Waals surface area contributed by atoms with Gasteiger partial charge in [-0.25, -0.2) is 0 Å². The van der Waals surface area contributed by atoms with Crippen LogP contribution in [0.5, 0.6) is 0 Å². The van der Waals surface area contributed by atoms with Crippen LogP contribution in [0, 0.1) is 17.8 Å². The fourth-order valence-corrected chi connectivity index (χ4v) is 2.42. The summed E-state index contributed by atoms with van der Waals surface area (Å²) in [7, 11) is 0. The average Bonchev–Trinajstić information content (AvgIpc) is 2.72. The molecule has 2 atom stereocenters. The van der Waals surface area contributed by atoms with Crippen molar-refractivity contribution in [2.24, 2.45) is 17.8 Å². The third-order valence-electron chi connectivity index (χ3n) is 3.43. The first-order chi connectivity index (χ1) is 8.02. The Morgan fingerprint density at radius 1 is 1.29 bits per heavy atom. The van der Waals surface area contributed by atoms with Crippen molar-refractivity contribution in [3.63, 3.8) is 0 Å². The molecule has 0 spiro atoms. The maximum absolute atomic E-state index is 11.8. The average molecular weight is 241 g/mol. The van der Waals surface area contributed by atoms with Gasteiger partial charge in [0.2, 0.25) is 5.91 Å². The van der Waals surface area contributed by atoms with Crippen LogP contribution in [0.1, 0.15) is 46.0 Å². The fraction of sp³-hybridized carbons (Fsp3) is 0.846. The van der Waals surface area contributed by atoms with Gasteiger partial charge in [-0.2, -0.15) is 0 Å². The lowest BCUT2D eigenvalue weighted by molar-refractivity contribution is -0.146. The van der Waals surface area contributed by atoms with Crippen molar-refractivity contribution >= 4 is 11.9 Å². The molecule has 0 aromatic heterocycles. The summed E-state index contributed by atoms with van der Waals surface area (Å²) in [4.78, 5) is 22.8. The minimum atomic E-state index is -0.829. The van der Waals surface area contributed by atoms with Gasteiger partial charge < -0.3 is 10.4 Å². The number of amides is 1. The van der Waals surface area contributed by atoms with E-state index in [1.165, 1.54) is 0 Å². The van der Waals surface area contributed by atoms with Crippen LogP contribution < -0.4 is 5.32 Å². The van der Waals surface area contributed by atoms with E-state index in [-0.39, 0.29) is 11.8 Å². The van der Waals surface area contributed by atoms with E-state index >= 15 is 0 Å². The van der Waals surface area contributed by atoms with Gasteiger partial charge in [0.05, 0.1) is 11.8 Å². The van der Waals surface area contributed by atoms with E-state index in [0.717, 1.165) is 19.3 Å². The minimum absolute atomic E-state index is 0.0707. The molecular weight excluding hydrogens is 218 g/mol. The summed E-state index contributed by atoms with van der Waals surface area (Å²) in [5.41, 5.74) is 0. The Hall–Kier alpha value is -1.06. The molecule has 0 heterocycles. The molecule has 0 aromatic rings. The van der Waals surface area contributed by atoms with Gasteiger partial charge in [0.15, 0.2) is 0 Å². The van der Waals surface area contributed by atoms with Crippen LogP contribution in [0.4, 0.5) is 0 Å². The highest BCUT2D eigenvalue weighted by molar-refractivity contribution is 5.85. The Bertz CT molecular complexity index is 276. The van der Waals surface area contributed by atoms with Gasteiger partial charge in [-0.3, -0.25) is 9.59 Å². The van der Waals surface area contributed by atoms with Crippen LogP contribution in [0.2, 0.25) is 0 Å². The molecule has 4 nitrogen and oxygen atoms in total. The lowest BCUT2D eigenvalue weighted by Crippen LogP contribution is -2.35. The first-order valence-electron chi connectivity index (χ1n) is 6.53. The molecule has 2 N–H and O–H groups in total. The first kappa shape index (κ1) is 14.0. The highest BCUT2D eigenvalue weighted by Gasteiger charge is 2.37. The Kier molecular flexibility index (Phi) is 5.45. The molecule has 1 saturated carbocycles. The third-order valence-corrected chi connectivity index (χ3v) is 3.43. The van der Waals surface area contributed by atoms with Crippen molar-refractivity contribution in [2.75, 3.05) is 6.54 Å². The second-order valence-electron chi connectivity index (χ2n) is 5.31. The number of hydrogen-bond donors (Lipinski definition) is 2. The Balaban J connectivity index is 2.29. The van der Waals surface area contributed by atoms with Gasteiger partial charge in [-0.1, -0.05) is 20.3 Å². The molecule has 17 heavy (non-hydrogen) atoms. The number of carboxylic acid groups (broad SMARTS) is 1. The summed E-state index contributed by atoms with van der Waals surface area (Å²) >= 11 is 0. The molecule has 1 fully saturated rings. The Labute approximate surface area is 103 Å². The zero-order valence-corrected chi connectivity index (χ0v) is 10.7. The van der Waals surface area contributed by atoms with Crippen molar-refractivity contribution in [1.82, 2.24) is 5.32 Å². The highest BCUT2D eigenvalue weighted by Crippen LogP contribution is 2.31. The molecule has 2 unspecified atom stereocenters. The normalized spacial score (nSPS) is 23.9. The monoisotopic (exact) mass is 241 g/mol. The van der Waals surface area contributed by atoms with Gasteiger partial charge >= 0.3 is 5.97 Å². The molecule has 1 amide bonds. The van der Waals surface area contributed by atoms with E-state index in [0.29, 0.717) is 25.3 Å². The molecule has 1 rings (SSSR count). The van der Waals surface area contributed by atoms with E-state index in [9.17, 15) is 9.59 Å². The largest absolute Gasteiger partial charge is 0.481 e. The number of carbonyl (C=O) groups is 2. The molecule has 1 aliphatic rings. The van der Waals surface area contributed by atoms with E-state index in [1.54, 1.807) is 0 Å². The van der Waals surface area contributed by atoms with E-state index in [4.69, 9.17) is 5.11 Å². The molecule has 0 bridgehead atoms. The standard InChI is InChI=1S/C13H23NO3/c1-9(2)5-4-8-14-12(15)10-6-3-7-11(10)13(16)17/h9-11H,3-8H2,1-2H3,(H,14,15)(H,16,17). The molecule has 0 aliphatic heterocycles. The summed E-state index contributed by atoms with van der Waals surface area (Å²) in [5.74, 6) is -1.04. The molecule has 0 saturated heterocycles. The molecule has 4 heteroatoms. The van der Waals surface area contributed by atoms with E-state index in [2.05, 4.69) is 19.2 Å². The number of carbonyl (C=O) groups excluding carboxylic acids is 1. The van der Waals surface area contributed by atoms with Crippen LogP contribution in [-0.2, 0) is 9.59 Å². The number of nitrogens with one attached hydrogen (secondary N) is 1. The predicted molar refractivity (Wildman–Crippen MR) is 65.5 cm³/mol. The van der Waals surface area contributed by atoms with Crippen LogP contribution in [0.15, 0.2) is 0 Å². The lowest BCUT2D eigenvalue weighted by atomic mass is 9.95. The fourth-order valence-electron chi connectivity index (χ4n) is 2.42. The summed E-state index contributed by atoms with van der Waals surface area (Å²) in [6.07, 6.45) is 4.26. The molecule has 0 aromatic carbocycles. The van der Waals surface area contributed by atoms with Gasteiger partial charge in [-0.15, -0.1) is 0 Å². The SMILES string of the molecule is CC(C)CCCNC(=O)C1CCCC1C(=O)O. The van der Waals surface area contributed by atoms with Gasteiger partial charge in [-0.05, 0) is 31.6 Å². The number of rotatable bonds is 6. The lowest BCUT2D eigenvalue weighted by Gasteiger charge is -2.15. The zero-order chi connectivity index (χ0) is 12.8. The number of carboxylic acids is 1. The molecule has 1 aliphatic carbocycles. The topological polar surface area (TPSA) is 66.4 Å². The van der Waals surface area contributed by atoms with Crippen molar-refractivity contribution < 1.29 is 14.7 Å². The summed E-state index contributed by atoms with van der Waals surface area (Å²) in [6.45, 7) is 4.97. The number of hydrogen-bond acceptors (Lipinski definition) is 2. The van der Waals surface area contributed by atoms with Gasteiger partial charge in [0.25, 0.3) is 0 Å². The second kappa shape index (κ2) is 6.62. The van der Waals surface area contributed by atoms with Crippen molar-refractivity contribution in [3.8, 4) is 0 Å². The van der Waals surface area contributed by atoms with Crippen LogP contribution in [0.25, 0.3) is 0 Å². The smallest absolute Gasteiger partial charge is 0.307 e. The molecule has 0 radical (unpaired) electrons. The Morgan fingerprint density at radius 3 is 2.53 bits per heavy atom. The number of aliphatic carboxylic acids is 1. The van der Waals surface area contributed by atoms with Crippen LogP contribution in [0.3, 0.4) is 0 Å². The van der Waals surface area contributed by atoms with E-state index in [1.807, 2.05) is 0 Å². The van der Waals surface area contributed by atoms with Crippen LogP contribution >= 0.6 is 0 Å². The molecule has 98 valence electrons. The third kappa shape index (κ3) is 4.36. The van der Waals surface area contributed by atoms with Crippen molar-refractivity contribution in [1.29, 1.82) is 0 Å².